The summed E-state index contributed by atoms with van der Waals surface area (Å²) < 4.78 is 9.77. The summed E-state index contributed by atoms with van der Waals surface area (Å²) >= 11 is 0. The van der Waals surface area contributed by atoms with Crippen LogP contribution in [0.2, 0.25) is 0 Å². The summed E-state index contributed by atoms with van der Waals surface area (Å²) in [4.78, 5) is 15.4. The van der Waals surface area contributed by atoms with Crippen molar-refractivity contribution in [3.05, 3.63) is 42.0 Å². The average Bonchev–Trinajstić information content (AvgIpc) is 2.74. The van der Waals surface area contributed by atoms with Gasteiger partial charge >= 0.3 is 5.97 Å². The Morgan fingerprint density at radius 1 is 1.44 bits per heavy atom. The maximum atomic E-state index is 11.4. The first-order valence-electron chi connectivity index (χ1n) is 4.81. The quantitative estimate of drug-likeness (QED) is 0.725. The fourth-order valence-electron chi connectivity index (χ4n) is 1.49. The number of ether oxygens (including phenoxy) is 1. The Morgan fingerprint density at radius 2 is 2.25 bits per heavy atom. The minimum atomic E-state index is -0.358. The second kappa shape index (κ2) is 4.18. The van der Waals surface area contributed by atoms with E-state index in [-0.39, 0.29) is 5.97 Å². The van der Waals surface area contributed by atoms with Crippen LogP contribution in [0.15, 0.2) is 35.1 Å². The molecule has 0 bridgehead atoms. The lowest BCUT2D eigenvalue weighted by Crippen LogP contribution is -2.00. The number of benzene rings is 1. The SMILES string of the molecule is COC(=O)c1cccc(-c2ncoc2C)c1. The molecule has 4 nitrogen and oxygen atoms in total. The van der Waals surface area contributed by atoms with Crippen molar-refractivity contribution in [2.45, 2.75) is 6.92 Å². The molecule has 0 aliphatic carbocycles. The van der Waals surface area contributed by atoms with Crippen LogP contribution in [0.1, 0.15) is 16.1 Å². The Bertz CT molecular complexity index is 516. The molecule has 1 heterocycles. The van der Waals surface area contributed by atoms with Gasteiger partial charge in [0, 0.05) is 5.56 Å². The third kappa shape index (κ3) is 1.82. The number of hydrogen-bond donors (Lipinski definition) is 0. The molecule has 4 heteroatoms. The van der Waals surface area contributed by atoms with Gasteiger partial charge in [0.25, 0.3) is 0 Å². The van der Waals surface area contributed by atoms with E-state index in [0.717, 1.165) is 17.0 Å². The van der Waals surface area contributed by atoms with Crippen molar-refractivity contribution in [2.75, 3.05) is 7.11 Å². The third-order valence-electron chi connectivity index (χ3n) is 2.30. The van der Waals surface area contributed by atoms with Crippen LogP contribution in [0.25, 0.3) is 11.3 Å². The first-order chi connectivity index (χ1) is 7.72. The number of methoxy groups -OCH3 is 1. The van der Waals surface area contributed by atoms with Gasteiger partial charge in [0.05, 0.1) is 12.7 Å². The molecule has 0 amide bonds. The molecule has 0 atom stereocenters. The Kier molecular flexibility index (Phi) is 2.72. The largest absolute Gasteiger partial charge is 0.465 e. The van der Waals surface area contributed by atoms with Crippen molar-refractivity contribution in [2.24, 2.45) is 0 Å². The molecule has 2 rings (SSSR count). The second-order valence-electron chi connectivity index (χ2n) is 3.33. The summed E-state index contributed by atoms with van der Waals surface area (Å²) in [5, 5.41) is 0. The average molecular weight is 217 g/mol. The summed E-state index contributed by atoms with van der Waals surface area (Å²) in [6, 6.07) is 7.09. The molecule has 1 aromatic heterocycles. The summed E-state index contributed by atoms with van der Waals surface area (Å²) in [6.45, 7) is 1.83. The van der Waals surface area contributed by atoms with Crippen molar-refractivity contribution < 1.29 is 13.9 Å². The van der Waals surface area contributed by atoms with E-state index < -0.39 is 0 Å². The highest BCUT2D eigenvalue weighted by molar-refractivity contribution is 5.90. The normalized spacial score (nSPS) is 10.1. The van der Waals surface area contributed by atoms with E-state index in [1.54, 1.807) is 18.2 Å². The number of oxazole rings is 1. The molecule has 0 aliphatic rings. The van der Waals surface area contributed by atoms with Crippen LogP contribution in [0.3, 0.4) is 0 Å². The van der Waals surface area contributed by atoms with Gasteiger partial charge in [0.15, 0.2) is 6.39 Å². The number of nitrogens with zero attached hydrogens (tertiary/aromatic N) is 1. The fourth-order valence-corrected chi connectivity index (χ4v) is 1.49. The van der Waals surface area contributed by atoms with E-state index in [9.17, 15) is 4.79 Å². The molecule has 82 valence electrons. The maximum absolute atomic E-state index is 11.4. The number of aryl methyl sites for hydroxylation is 1. The van der Waals surface area contributed by atoms with Gasteiger partial charge in [-0.15, -0.1) is 0 Å². The minimum Gasteiger partial charge on any atom is -0.465 e. The maximum Gasteiger partial charge on any atom is 0.337 e. The first-order valence-corrected chi connectivity index (χ1v) is 4.81. The molecule has 0 unspecified atom stereocenters. The molecule has 16 heavy (non-hydrogen) atoms. The third-order valence-corrected chi connectivity index (χ3v) is 2.30. The van der Waals surface area contributed by atoms with Crippen LogP contribution in [-0.4, -0.2) is 18.1 Å². The lowest BCUT2D eigenvalue weighted by atomic mass is 10.1. The Morgan fingerprint density at radius 3 is 2.88 bits per heavy atom. The van der Waals surface area contributed by atoms with E-state index in [1.165, 1.54) is 13.5 Å². The number of carbonyl (C=O) groups excluding carboxylic acids is 1. The molecule has 0 aliphatic heterocycles. The highest BCUT2D eigenvalue weighted by atomic mass is 16.5. The number of esters is 1. The van der Waals surface area contributed by atoms with Crippen molar-refractivity contribution in [3.63, 3.8) is 0 Å². The van der Waals surface area contributed by atoms with Crippen LogP contribution in [-0.2, 0) is 4.74 Å². The molecular formula is C12H11NO3. The summed E-state index contributed by atoms with van der Waals surface area (Å²) in [5.41, 5.74) is 2.09. The van der Waals surface area contributed by atoms with E-state index in [0.29, 0.717) is 5.56 Å². The molecule has 0 saturated heterocycles. The van der Waals surface area contributed by atoms with Gasteiger partial charge in [0.2, 0.25) is 0 Å². The van der Waals surface area contributed by atoms with Gasteiger partial charge in [-0.1, -0.05) is 12.1 Å². The Balaban J connectivity index is 2.44. The van der Waals surface area contributed by atoms with Crippen LogP contribution in [0.4, 0.5) is 0 Å². The number of rotatable bonds is 2. The fraction of sp³-hybridized carbons (Fsp3) is 0.167. The van der Waals surface area contributed by atoms with Crippen LogP contribution < -0.4 is 0 Å². The van der Waals surface area contributed by atoms with Gasteiger partial charge in [0.1, 0.15) is 11.5 Å². The summed E-state index contributed by atoms with van der Waals surface area (Å²) in [6.07, 6.45) is 1.38. The van der Waals surface area contributed by atoms with Crippen LogP contribution in [0, 0.1) is 6.92 Å². The predicted molar refractivity (Wildman–Crippen MR) is 58.0 cm³/mol. The molecule has 0 radical (unpaired) electrons. The highest BCUT2D eigenvalue weighted by Gasteiger charge is 2.10. The molecule has 2 aromatic rings. The first kappa shape index (κ1) is 10.4. The number of carbonyl (C=O) groups is 1. The van der Waals surface area contributed by atoms with Gasteiger partial charge < -0.3 is 9.15 Å². The zero-order chi connectivity index (χ0) is 11.5. The predicted octanol–water partition coefficient (Wildman–Crippen LogP) is 2.44. The second-order valence-corrected chi connectivity index (χ2v) is 3.33. The smallest absolute Gasteiger partial charge is 0.337 e. The van der Waals surface area contributed by atoms with Crippen LogP contribution in [0.5, 0.6) is 0 Å². The molecule has 0 saturated carbocycles. The van der Waals surface area contributed by atoms with Gasteiger partial charge in [-0.25, -0.2) is 9.78 Å². The van der Waals surface area contributed by atoms with E-state index in [2.05, 4.69) is 9.72 Å². The minimum absolute atomic E-state index is 0.358. The lowest BCUT2D eigenvalue weighted by molar-refractivity contribution is 0.0601. The topological polar surface area (TPSA) is 52.3 Å². The van der Waals surface area contributed by atoms with Gasteiger partial charge in [-0.2, -0.15) is 0 Å². The molecule has 0 N–H and O–H groups in total. The van der Waals surface area contributed by atoms with Crippen molar-refractivity contribution in [1.82, 2.24) is 4.98 Å². The van der Waals surface area contributed by atoms with Gasteiger partial charge in [-0.05, 0) is 19.1 Å². The van der Waals surface area contributed by atoms with Crippen molar-refractivity contribution in [3.8, 4) is 11.3 Å². The van der Waals surface area contributed by atoms with Crippen molar-refractivity contribution in [1.29, 1.82) is 0 Å². The Labute approximate surface area is 92.9 Å². The zero-order valence-corrected chi connectivity index (χ0v) is 9.06. The molecule has 0 fully saturated rings. The van der Waals surface area contributed by atoms with E-state index in [4.69, 9.17) is 4.42 Å². The molecular weight excluding hydrogens is 206 g/mol. The van der Waals surface area contributed by atoms with Crippen LogP contribution >= 0.6 is 0 Å². The summed E-state index contributed by atoms with van der Waals surface area (Å²) in [7, 11) is 1.36. The lowest BCUT2D eigenvalue weighted by Gasteiger charge is -2.01. The van der Waals surface area contributed by atoms with E-state index in [1.807, 2.05) is 13.0 Å². The number of aromatic nitrogens is 1. The van der Waals surface area contributed by atoms with Crippen molar-refractivity contribution >= 4 is 5.97 Å². The van der Waals surface area contributed by atoms with Gasteiger partial charge in [-0.3, -0.25) is 0 Å². The highest BCUT2D eigenvalue weighted by Crippen LogP contribution is 2.22. The standard InChI is InChI=1S/C12H11NO3/c1-8-11(13-7-16-8)9-4-3-5-10(6-9)12(14)15-2/h3-7H,1-2H3. The number of hydrogen-bond acceptors (Lipinski definition) is 4. The summed E-state index contributed by atoms with van der Waals surface area (Å²) in [5.74, 6) is 0.366. The monoisotopic (exact) mass is 217 g/mol. The molecule has 0 spiro atoms. The Hall–Kier alpha value is -2.10. The van der Waals surface area contributed by atoms with E-state index >= 15 is 0 Å². The molecule has 1 aromatic carbocycles. The zero-order valence-electron chi connectivity index (χ0n) is 9.06.